The summed E-state index contributed by atoms with van der Waals surface area (Å²) in [4.78, 5) is 29.9. The van der Waals surface area contributed by atoms with E-state index in [1.165, 1.54) is 0 Å². The number of benzene rings is 2. The van der Waals surface area contributed by atoms with Crippen LogP contribution in [-0.2, 0) is 18.4 Å². The molecule has 0 fully saturated rings. The average Bonchev–Trinajstić information content (AvgIpc) is 3.17. The lowest BCUT2D eigenvalue weighted by molar-refractivity contribution is -0.115. The number of nitrogens with zero attached hydrogens (tertiary/aromatic N) is 3. The Kier molecular flexibility index (Phi) is 2.68. The number of fused-ring (bicyclic) bond motifs is 4. The molecule has 6 nitrogen and oxygen atoms in total. The highest BCUT2D eigenvalue weighted by molar-refractivity contribution is 6.02. The first kappa shape index (κ1) is 14.0. The Morgan fingerprint density at radius 1 is 1.00 bits per heavy atom. The van der Waals surface area contributed by atoms with Gasteiger partial charge in [0, 0.05) is 12.4 Å². The van der Waals surface area contributed by atoms with E-state index in [1.807, 2.05) is 58.6 Å². The second-order valence-electron chi connectivity index (χ2n) is 6.19. The fraction of sp³-hybridized carbons (Fsp3) is 0.105. The zero-order chi connectivity index (χ0) is 17.1. The molecule has 3 heterocycles. The van der Waals surface area contributed by atoms with Gasteiger partial charge in [-0.25, -0.2) is 4.98 Å². The second kappa shape index (κ2) is 4.80. The van der Waals surface area contributed by atoms with Gasteiger partial charge >= 0.3 is 0 Å². The van der Waals surface area contributed by atoms with Gasteiger partial charge in [-0.2, -0.15) is 0 Å². The SMILES string of the molecule is Cn1c(-c2c3n(c4ccccc4c2=O)CC(=O)N3)nc2ccccc21. The molecule has 0 spiro atoms. The molecule has 0 radical (unpaired) electrons. The van der Waals surface area contributed by atoms with E-state index in [4.69, 9.17) is 0 Å². The van der Waals surface area contributed by atoms with Crippen LogP contribution in [-0.4, -0.2) is 20.0 Å². The number of para-hydroxylation sites is 3. The molecule has 0 saturated heterocycles. The Morgan fingerprint density at radius 2 is 1.72 bits per heavy atom. The van der Waals surface area contributed by atoms with Crippen LogP contribution in [0.15, 0.2) is 53.3 Å². The van der Waals surface area contributed by atoms with Gasteiger partial charge in [0.2, 0.25) is 11.3 Å². The molecule has 0 unspecified atom stereocenters. The van der Waals surface area contributed by atoms with Crippen molar-refractivity contribution in [3.63, 3.8) is 0 Å². The molecular weight excluding hydrogens is 316 g/mol. The summed E-state index contributed by atoms with van der Waals surface area (Å²) in [5.74, 6) is 0.950. The molecule has 2 aromatic heterocycles. The lowest BCUT2D eigenvalue weighted by Crippen LogP contribution is -2.14. The molecule has 1 N–H and O–H groups in total. The van der Waals surface area contributed by atoms with Crippen LogP contribution >= 0.6 is 0 Å². The van der Waals surface area contributed by atoms with Crippen molar-refractivity contribution in [2.24, 2.45) is 7.05 Å². The normalized spacial score (nSPS) is 13.4. The monoisotopic (exact) mass is 330 g/mol. The van der Waals surface area contributed by atoms with Crippen molar-refractivity contribution in [2.45, 2.75) is 6.54 Å². The van der Waals surface area contributed by atoms with Gasteiger partial charge in [0.05, 0.1) is 16.6 Å². The third kappa shape index (κ3) is 1.82. The average molecular weight is 330 g/mol. The van der Waals surface area contributed by atoms with Crippen molar-refractivity contribution in [2.75, 3.05) is 5.32 Å². The largest absolute Gasteiger partial charge is 0.327 e. The highest BCUT2D eigenvalue weighted by Crippen LogP contribution is 2.32. The van der Waals surface area contributed by atoms with Crippen LogP contribution in [0.4, 0.5) is 5.82 Å². The first-order valence-corrected chi connectivity index (χ1v) is 8.02. The van der Waals surface area contributed by atoms with Crippen LogP contribution < -0.4 is 10.7 Å². The number of aryl methyl sites for hydroxylation is 1. The molecule has 4 aromatic rings. The summed E-state index contributed by atoms with van der Waals surface area (Å²) in [6.07, 6.45) is 0. The van der Waals surface area contributed by atoms with E-state index in [0.717, 1.165) is 16.6 Å². The first-order valence-electron chi connectivity index (χ1n) is 8.02. The van der Waals surface area contributed by atoms with E-state index in [-0.39, 0.29) is 17.9 Å². The number of hydrogen-bond donors (Lipinski definition) is 1. The van der Waals surface area contributed by atoms with E-state index < -0.39 is 0 Å². The van der Waals surface area contributed by atoms with E-state index >= 15 is 0 Å². The fourth-order valence-corrected chi connectivity index (χ4v) is 3.58. The summed E-state index contributed by atoms with van der Waals surface area (Å²) < 4.78 is 3.75. The highest BCUT2D eigenvalue weighted by atomic mass is 16.2. The molecule has 1 aliphatic heterocycles. The Hall–Kier alpha value is -3.41. The maximum atomic E-state index is 13.2. The Morgan fingerprint density at radius 3 is 2.52 bits per heavy atom. The lowest BCUT2D eigenvalue weighted by Gasteiger charge is -2.12. The Bertz CT molecular complexity index is 1250. The zero-order valence-electron chi connectivity index (χ0n) is 13.5. The predicted molar refractivity (Wildman–Crippen MR) is 96.5 cm³/mol. The summed E-state index contributed by atoms with van der Waals surface area (Å²) in [6, 6.07) is 15.1. The second-order valence-corrected chi connectivity index (χ2v) is 6.19. The van der Waals surface area contributed by atoms with E-state index in [9.17, 15) is 9.59 Å². The quantitative estimate of drug-likeness (QED) is 0.583. The zero-order valence-corrected chi connectivity index (χ0v) is 13.5. The van der Waals surface area contributed by atoms with Crippen LogP contribution in [0.2, 0.25) is 0 Å². The van der Waals surface area contributed by atoms with Gasteiger partial charge in [0.1, 0.15) is 23.8 Å². The predicted octanol–water partition coefficient (Wildman–Crippen LogP) is 2.51. The number of hydrogen-bond acceptors (Lipinski definition) is 3. The third-order valence-corrected chi connectivity index (χ3v) is 4.74. The summed E-state index contributed by atoms with van der Waals surface area (Å²) in [7, 11) is 1.88. The maximum absolute atomic E-state index is 13.2. The fourth-order valence-electron chi connectivity index (χ4n) is 3.58. The molecular formula is C19H14N4O2. The minimum Gasteiger partial charge on any atom is -0.327 e. The minimum absolute atomic E-state index is 0.123. The van der Waals surface area contributed by atoms with Crippen molar-refractivity contribution in [3.05, 3.63) is 58.8 Å². The van der Waals surface area contributed by atoms with Gasteiger partial charge in [-0.15, -0.1) is 0 Å². The smallest absolute Gasteiger partial charge is 0.245 e. The van der Waals surface area contributed by atoms with Crippen LogP contribution in [0.25, 0.3) is 33.3 Å². The lowest BCUT2D eigenvalue weighted by atomic mass is 10.1. The van der Waals surface area contributed by atoms with Crippen LogP contribution in [0.1, 0.15) is 0 Å². The Balaban J connectivity index is 1.95. The molecule has 2 aromatic carbocycles. The van der Waals surface area contributed by atoms with Gasteiger partial charge in [0.15, 0.2) is 0 Å². The molecule has 1 aliphatic rings. The molecule has 0 saturated carbocycles. The number of amides is 1. The number of anilines is 1. The first-order chi connectivity index (χ1) is 12.1. The van der Waals surface area contributed by atoms with E-state index in [1.54, 1.807) is 6.07 Å². The van der Waals surface area contributed by atoms with Gasteiger partial charge in [-0.3, -0.25) is 9.59 Å². The maximum Gasteiger partial charge on any atom is 0.245 e. The third-order valence-electron chi connectivity index (χ3n) is 4.74. The van der Waals surface area contributed by atoms with Crippen molar-refractivity contribution < 1.29 is 4.79 Å². The van der Waals surface area contributed by atoms with Crippen LogP contribution in [0.5, 0.6) is 0 Å². The summed E-state index contributed by atoms with van der Waals surface area (Å²) in [5.41, 5.74) is 2.82. The molecule has 0 atom stereocenters. The molecule has 0 aliphatic carbocycles. The van der Waals surface area contributed by atoms with Crippen molar-refractivity contribution in [3.8, 4) is 11.4 Å². The number of aromatic nitrogens is 3. The van der Waals surface area contributed by atoms with Crippen LogP contribution in [0.3, 0.4) is 0 Å². The minimum atomic E-state index is -0.129. The molecule has 0 bridgehead atoms. The number of carbonyl (C=O) groups is 1. The van der Waals surface area contributed by atoms with Crippen molar-refractivity contribution in [1.82, 2.24) is 14.1 Å². The molecule has 1 amide bonds. The summed E-state index contributed by atoms with van der Waals surface area (Å²) in [6.45, 7) is 0.201. The van der Waals surface area contributed by atoms with Gasteiger partial charge in [-0.1, -0.05) is 24.3 Å². The standard InChI is InChI=1S/C19H14N4O2/c1-22-14-9-5-3-7-12(14)20-18(22)16-17(25)11-6-2-4-8-13(11)23-10-15(24)21-19(16)23/h2-9H,10H2,1H3,(H,21,24). The van der Waals surface area contributed by atoms with Crippen molar-refractivity contribution in [1.29, 1.82) is 0 Å². The number of carbonyl (C=O) groups excluding carboxylic acids is 1. The Labute approximate surface area is 142 Å². The number of rotatable bonds is 1. The van der Waals surface area contributed by atoms with Crippen molar-refractivity contribution >= 4 is 33.7 Å². The summed E-state index contributed by atoms with van der Waals surface area (Å²) >= 11 is 0. The number of pyridine rings is 1. The highest BCUT2D eigenvalue weighted by Gasteiger charge is 2.28. The van der Waals surface area contributed by atoms with E-state index in [2.05, 4.69) is 10.3 Å². The number of nitrogens with one attached hydrogen (secondary N) is 1. The molecule has 25 heavy (non-hydrogen) atoms. The van der Waals surface area contributed by atoms with Gasteiger partial charge in [-0.05, 0) is 24.3 Å². The molecule has 122 valence electrons. The number of imidazole rings is 1. The molecule has 6 heteroatoms. The van der Waals surface area contributed by atoms with Crippen LogP contribution in [0, 0.1) is 0 Å². The molecule has 5 rings (SSSR count). The topological polar surface area (TPSA) is 68.9 Å². The van der Waals surface area contributed by atoms with E-state index in [0.29, 0.717) is 22.6 Å². The van der Waals surface area contributed by atoms with Gasteiger partial charge in [0.25, 0.3) is 0 Å². The summed E-state index contributed by atoms with van der Waals surface area (Å²) in [5, 5.41) is 3.43. The van der Waals surface area contributed by atoms with Gasteiger partial charge < -0.3 is 14.5 Å².